The highest BCUT2D eigenvalue weighted by Crippen LogP contribution is 2.46. The van der Waals surface area contributed by atoms with Crippen LogP contribution < -0.4 is 10.6 Å². The van der Waals surface area contributed by atoms with E-state index in [1.165, 1.54) is 0 Å². The van der Waals surface area contributed by atoms with Crippen molar-refractivity contribution in [1.82, 2.24) is 9.78 Å². The van der Waals surface area contributed by atoms with E-state index < -0.39 is 24.2 Å². The highest BCUT2D eigenvalue weighted by molar-refractivity contribution is 9.10. The zero-order valence-corrected chi connectivity index (χ0v) is 18.6. The summed E-state index contributed by atoms with van der Waals surface area (Å²) in [5.74, 6) is -0.776. The molecule has 4 rings (SSSR count). The Kier molecular flexibility index (Phi) is 5.93. The first-order valence-electron chi connectivity index (χ1n) is 9.07. The van der Waals surface area contributed by atoms with Gasteiger partial charge in [-0.1, -0.05) is 51.3 Å². The fourth-order valence-electron chi connectivity index (χ4n) is 3.37. The molecule has 11 heteroatoms. The number of amides is 1. The molecule has 3 aromatic rings. The van der Waals surface area contributed by atoms with Crippen LogP contribution in [0.3, 0.4) is 0 Å². The lowest BCUT2D eigenvalue weighted by Gasteiger charge is -2.33. The van der Waals surface area contributed by atoms with E-state index >= 15 is 0 Å². The molecular weight excluding hydrogens is 520 g/mol. The summed E-state index contributed by atoms with van der Waals surface area (Å²) < 4.78 is 43.1. The molecule has 0 fully saturated rings. The summed E-state index contributed by atoms with van der Waals surface area (Å²) in [4.78, 5) is 12.7. The normalized spacial score (nSPS) is 18.3. The Bertz CT molecular complexity index is 1120. The van der Waals surface area contributed by atoms with Gasteiger partial charge >= 0.3 is 6.18 Å². The molecule has 1 aliphatic heterocycles. The third kappa shape index (κ3) is 4.53. The van der Waals surface area contributed by atoms with Crippen LogP contribution in [-0.4, -0.2) is 21.9 Å². The highest BCUT2D eigenvalue weighted by atomic mass is 79.9. The van der Waals surface area contributed by atoms with Gasteiger partial charge in [0.25, 0.3) is 5.91 Å². The maximum absolute atomic E-state index is 13.8. The molecule has 0 bridgehead atoms. The van der Waals surface area contributed by atoms with E-state index in [9.17, 15) is 18.0 Å². The third-order valence-electron chi connectivity index (χ3n) is 4.89. The maximum Gasteiger partial charge on any atom is 0.410 e. The third-order valence-corrected chi connectivity index (χ3v) is 6.02. The van der Waals surface area contributed by atoms with Crippen molar-refractivity contribution in [1.29, 1.82) is 0 Å². The van der Waals surface area contributed by atoms with Crippen LogP contribution in [-0.2, 0) is 0 Å². The van der Waals surface area contributed by atoms with E-state index in [4.69, 9.17) is 23.2 Å². The minimum absolute atomic E-state index is 0.0515. The van der Waals surface area contributed by atoms with E-state index in [-0.39, 0.29) is 23.0 Å². The number of nitrogens with one attached hydrogen (secondary N) is 2. The van der Waals surface area contributed by atoms with Crippen molar-refractivity contribution in [2.75, 3.05) is 10.6 Å². The summed E-state index contributed by atoms with van der Waals surface area (Å²) in [6.45, 7) is 0. The molecule has 1 amide bonds. The van der Waals surface area contributed by atoms with Crippen LogP contribution in [0.15, 0.2) is 53.0 Å². The first-order valence-corrected chi connectivity index (χ1v) is 10.6. The lowest BCUT2D eigenvalue weighted by molar-refractivity contribution is -0.173. The summed E-state index contributed by atoms with van der Waals surface area (Å²) in [7, 11) is 0. The first kappa shape index (κ1) is 22.0. The van der Waals surface area contributed by atoms with Crippen molar-refractivity contribution in [3.05, 3.63) is 74.3 Å². The zero-order chi connectivity index (χ0) is 22.3. The molecule has 0 saturated heterocycles. The number of benzene rings is 2. The average molecular weight is 534 g/mol. The molecule has 0 spiro atoms. The van der Waals surface area contributed by atoms with Gasteiger partial charge < -0.3 is 10.6 Å². The van der Waals surface area contributed by atoms with Crippen LogP contribution in [0.2, 0.25) is 10.0 Å². The van der Waals surface area contributed by atoms with E-state index in [1.54, 1.807) is 48.5 Å². The number of hydrogen-bond acceptors (Lipinski definition) is 3. The number of alkyl halides is 3. The Hall–Kier alpha value is -2.23. The Balaban J connectivity index is 1.69. The van der Waals surface area contributed by atoms with Gasteiger partial charge in [0.15, 0.2) is 11.7 Å². The van der Waals surface area contributed by atoms with Crippen LogP contribution in [0.1, 0.15) is 34.6 Å². The Labute approximate surface area is 193 Å². The van der Waals surface area contributed by atoms with Crippen molar-refractivity contribution >= 4 is 56.5 Å². The van der Waals surface area contributed by atoms with Crippen molar-refractivity contribution in [2.45, 2.75) is 24.7 Å². The highest BCUT2D eigenvalue weighted by Gasteiger charge is 2.47. The lowest BCUT2D eigenvalue weighted by Crippen LogP contribution is -2.35. The van der Waals surface area contributed by atoms with Gasteiger partial charge in [-0.25, -0.2) is 4.68 Å². The van der Waals surface area contributed by atoms with Gasteiger partial charge in [-0.3, -0.25) is 4.79 Å². The minimum atomic E-state index is -4.58. The molecule has 2 heterocycles. The SMILES string of the molecule is O=C(Nc1ccc(Cl)cc1)c1nn2c(c1Cl)N[C@H](c1ccc(Br)cc1)C[C@@H]2C(F)(F)F. The van der Waals surface area contributed by atoms with Crippen molar-refractivity contribution in [3.8, 4) is 0 Å². The summed E-state index contributed by atoms with van der Waals surface area (Å²) in [6.07, 6.45) is -4.88. The van der Waals surface area contributed by atoms with Crippen molar-refractivity contribution in [2.24, 2.45) is 0 Å². The number of hydrogen-bond donors (Lipinski definition) is 2. The fourth-order valence-corrected chi connectivity index (χ4v) is 4.03. The number of halogens is 6. The average Bonchev–Trinajstić information content (AvgIpc) is 3.05. The summed E-state index contributed by atoms with van der Waals surface area (Å²) in [5, 5.41) is 9.78. The van der Waals surface area contributed by atoms with Gasteiger partial charge in [0, 0.05) is 21.6 Å². The molecular formula is C20H14BrCl2F3N4O. The summed E-state index contributed by atoms with van der Waals surface area (Å²) in [6, 6.07) is 10.6. The zero-order valence-electron chi connectivity index (χ0n) is 15.6. The van der Waals surface area contributed by atoms with Gasteiger partial charge in [0.05, 0.1) is 6.04 Å². The number of nitrogens with zero attached hydrogens (tertiary/aromatic N) is 2. The molecule has 31 heavy (non-hydrogen) atoms. The molecule has 162 valence electrons. The van der Waals surface area contributed by atoms with Gasteiger partial charge in [0.1, 0.15) is 10.8 Å². The Morgan fingerprint density at radius 1 is 1.13 bits per heavy atom. The van der Waals surface area contributed by atoms with Crippen molar-refractivity contribution in [3.63, 3.8) is 0 Å². The quantitative estimate of drug-likeness (QED) is 0.386. The van der Waals surface area contributed by atoms with Gasteiger partial charge in [0.2, 0.25) is 0 Å². The van der Waals surface area contributed by atoms with E-state index in [0.29, 0.717) is 16.3 Å². The molecule has 2 aromatic carbocycles. The summed E-state index contributed by atoms with van der Waals surface area (Å²) >= 11 is 15.5. The molecule has 5 nitrogen and oxygen atoms in total. The second kappa shape index (κ2) is 8.37. The number of carbonyl (C=O) groups is 1. The monoisotopic (exact) mass is 532 g/mol. The van der Waals surface area contributed by atoms with Crippen LogP contribution in [0.4, 0.5) is 24.7 Å². The molecule has 1 aliphatic rings. The first-order chi connectivity index (χ1) is 14.6. The van der Waals surface area contributed by atoms with Crippen molar-refractivity contribution < 1.29 is 18.0 Å². The Morgan fingerprint density at radius 2 is 1.77 bits per heavy atom. The predicted molar refractivity (Wildman–Crippen MR) is 117 cm³/mol. The molecule has 2 atom stereocenters. The largest absolute Gasteiger partial charge is 0.410 e. The van der Waals surface area contributed by atoms with Gasteiger partial charge in [-0.05, 0) is 42.0 Å². The van der Waals surface area contributed by atoms with Crippen LogP contribution in [0, 0.1) is 0 Å². The smallest absolute Gasteiger partial charge is 0.362 e. The van der Waals surface area contributed by atoms with Gasteiger partial charge in [-0.15, -0.1) is 0 Å². The Morgan fingerprint density at radius 3 is 2.39 bits per heavy atom. The number of carbonyl (C=O) groups excluding carboxylic acids is 1. The van der Waals surface area contributed by atoms with Crippen LogP contribution >= 0.6 is 39.1 Å². The minimum Gasteiger partial charge on any atom is -0.362 e. The number of rotatable bonds is 3. The molecule has 0 radical (unpaired) electrons. The molecule has 0 aliphatic carbocycles. The second-order valence-corrected chi connectivity index (χ2v) is 8.69. The standard InChI is InChI=1S/C20H14BrCl2F3N4O/c21-11-3-1-10(2-4-11)14-9-15(20(24,25)26)30-18(28-14)16(23)17(29-30)19(31)27-13-7-5-12(22)6-8-13/h1-8,14-15,28H,9H2,(H,27,31)/t14-,15+/m0/s1. The second-order valence-electron chi connectivity index (χ2n) is 6.96. The molecule has 0 unspecified atom stereocenters. The fraction of sp³-hybridized carbons (Fsp3) is 0.200. The number of fused-ring (bicyclic) bond motifs is 1. The van der Waals surface area contributed by atoms with E-state index in [1.807, 2.05) is 0 Å². The van der Waals surface area contributed by atoms with E-state index in [2.05, 4.69) is 31.7 Å². The molecule has 2 N–H and O–H groups in total. The topological polar surface area (TPSA) is 59.0 Å². The molecule has 1 aromatic heterocycles. The van der Waals surface area contributed by atoms with Crippen LogP contribution in [0.5, 0.6) is 0 Å². The predicted octanol–water partition coefficient (Wildman–Crippen LogP) is 6.87. The van der Waals surface area contributed by atoms with E-state index in [0.717, 1.165) is 9.15 Å². The lowest BCUT2D eigenvalue weighted by atomic mass is 9.97. The number of aromatic nitrogens is 2. The van der Waals surface area contributed by atoms with Crippen LogP contribution in [0.25, 0.3) is 0 Å². The summed E-state index contributed by atoms with van der Waals surface area (Å²) in [5.41, 5.74) is 0.766. The number of anilines is 2. The van der Waals surface area contributed by atoms with Gasteiger partial charge in [-0.2, -0.15) is 18.3 Å². The maximum atomic E-state index is 13.8. The molecule has 0 saturated carbocycles.